The van der Waals surface area contributed by atoms with Gasteiger partial charge in [-0.15, -0.1) is 0 Å². The molecule has 0 amide bonds. The molecule has 2 heterocycles. The van der Waals surface area contributed by atoms with Crippen LogP contribution in [0.3, 0.4) is 0 Å². The lowest BCUT2D eigenvalue weighted by atomic mass is 10.1. The molecule has 0 aliphatic carbocycles. The van der Waals surface area contributed by atoms with Crippen molar-refractivity contribution >= 4 is 43.8 Å². The number of anilines is 3. The second-order valence-electron chi connectivity index (χ2n) is 7.45. The molecule has 1 saturated heterocycles. The molecule has 8 nitrogen and oxygen atoms in total. The molecule has 12 heteroatoms. The number of benzene rings is 2. The minimum Gasteiger partial charge on any atom is -0.382 e. The Labute approximate surface area is 193 Å². The van der Waals surface area contributed by atoms with Gasteiger partial charge in [0.1, 0.15) is 22.3 Å². The molecule has 1 fully saturated rings. The Bertz CT molecular complexity index is 1250. The van der Waals surface area contributed by atoms with Gasteiger partial charge in [-0.25, -0.2) is 26.9 Å². The summed E-state index contributed by atoms with van der Waals surface area (Å²) in [6, 6.07) is 9.02. The van der Waals surface area contributed by atoms with Crippen LogP contribution in [0.2, 0.25) is 0 Å². The van der Waals surface area contributed by atoms with E-state index in [2.05, 4.69) is 20.3 Å². The summed E-state index contributed by atoms with van der Waals surface area (Å²) < 4.78 is 55.9. The summed E-state index contributed by atoms with van der Waals surface area (Å²) in [5.74, 6) is -3.05. The highest BCUT2D eigenvalue weighted by Gasteiger charge is 2.25. The van der Waals surface area contributed by atoms with E-state index in [4.69, 9.17) is 5.73 Å². The van der Waals surface area contributed by atoms with Gasteiger partial charge >= 0.3 is 0 Å². The van der Waals surface area contributed by atoms with E-state index in [1.165, 1.54) is 12.1 Å². The van der Waals surface area contributed by atoms with E-state index in [0.29, 0.717) is 5.69 Å². The number of halogens is 2. The van der Waals surface area contributed by atoms with Crippen LogP contribution in [-0.2, 0) is 10.0 Å². The SMILES string of the molecule is Nc1nc(Nc2ccc(S(=O)(=O)NC3CCNCC3)cc2)sc1C(=O)c1c(F)cccc1F. The van der Waals surface area contributed by atoms with Gasteiger partial charge in [-0.1, -0.05) is 17.4 Å². The number of nitrogens with zero attached hydrogens (tertiary/aromatic N) is 1. The minimum atomic E-state index is -3.66. The molecule has 0 spiro atoms. The Morgan fingerprint density at radius 2 is 1.73 bits per heavy atom. The number of carbonyl (C=O) groups excluding carboxylic acids is 1. The van der Waals surface area contributed by atoms with Crippen molar-refractivity contribution < 1.29 is 22.0 Å². The number of aromatic nitrogens is 1. The molecule has 0 atom stereocenters. The summed E-state index contributed by atoms with van der Waals surface area (Å²) in [7, 11) is -3.66. The summed E-state index contributed by atoms with van der Waals surface area (Å²) in [6.07, 6.45) is 1.45. The number of nitrogens with two attached hydrogens (primary N) is 1. The summed E-state index contributed by atoms with van der Waals surface area (Å²) in [4.78, 5) is 16.7. The maximum atomic E-state index is 14.0. The van der Waals surface area contributed by atoms with E-state index in [-0.39, 0.29) is 26.8 Å². The molecule has 3 aromatic rings. The number of thiazole rings is 1. The fraction of sp³-hybridized carbons (Fsp3) is 0.238. The van der Waals surface area contributed by atoms with Crippen molar-refractivity contribution in [3.05, 3.63) is 64.5 Å². The molecule has 0 saturated carbocycles. The van der Waals surface area contributed by atoms with Crippen LogP contribution in [0.5, 0.6) is 0 Å². The van der Waals surface area contributed by atoms with Crippen LogP contribution < -0.4 is 21.1 Å². The van der Waals surface area contributed by atoms with Gasteiger partial charge in [-0.3, -0.25) is 4.79 Å². The molecule has 0 radical (unpaired) electrons. The normalized spacial score (nSPS) is 14.8. The van der Waals surface area contributed by atoms with E-state index in [1.54, 1.807) is 12.1 Å². The van der Waals surface area contributed by atoms with Gasteiger partial charge < -0.3 is 16.4 Å². The topological polar surface area (TPSA) is 126 Å². The van der Waals surface area contributed by atoms with Crippen molar-refractivity contribution in [3.63, 3.8) is 0 Å². The molecule has 5 N–H and O–H groups in total. The van der Waals surface area contributed by atoms with Crippen LogP contribution in [0.1, 0.15) is 28.1 Å². The van der Waals surface area contributed by atoms with E-state index >= 15 is 0 Å². The second kappa shape index (κ2) is 9.51. The van der Waals surface area contributed by atoms with Crippen LogP contribution in [0.25, 0.3) is 0 Å². The zero-order valence-corrected chi connectivity index (χ0v) is 18.9. The van der Waals surface area contributed by atoms with Gasteiger partial charge in [-0.05, 0) is 62.3 Å². The van der Waals surface area contributed by atoms with Gasteiger partial charge in [0.25, 0.3) is 0 Å². The lowest BCUT2D eigenvalue weighted by molar-refractivity contribution is 0.103. The van der Waals surface area contributed by atoms with Crippen molar-refractivity contribution in [3.8, 4) is 0 Å². The number of sulfonamides is 1. The molecule has 1 aliphatic heterocycles. The smallest absolute Gasteiger partial charge is 0.240 e. The number of nitrogens with one attached hydrogen (secondary N) is 3. The fourth-order valence-electron chi connectivity index (χ4n) is 3.44. The van der Waals surface area contributed by atoms with E-state index < -0.39 is 33.0 Å². The van der Waals surface area contributed by atoms with Crippen LogP contribution in [0.15, 0.2) is 47.4 Å². The fourth-order valence-corrected chi connectivity index (χ4v) is 5.60. The molecule has 2 aromatic carbocycles. The highest BCUT2D eigenvalue weighted by Crippen LogP contribution is 2.31. The Hall–Kier alpha value is -2.93. The van der Waals surface area contributed by atoms with E-state index in [1.807, 2.05) is 0 Å². The van der Waals surface area contributed by atoms with Crippen molar-refractivity contribution in [1.29, 1.82) is 0 Å². The van der Waals surface area contributed by atoms with Gasteiger partial charge in [0.15, 0.2) is 5.13 Å². The molecular formula is C21H21F2N5O3S2. The standard InChI is InChI=1S/C21H21F2N5O3S2/c22-15-2-1-3-16(23)17(15)18(29)19-20(24)27-21(32-19)26-12-4-6-14(7-5-12)33(30,31)28-13-8-10-25-11-9-13/h1-7,13,25,28H,8-11,24H2,(H,26,27). The van der Waals surface area contributed by atoms with Crippen molar-refractivity contribution in [2.24, 2.45) is 0 Å². The number of ketones is 1. The number of hydrogen-bond donors (Lipinski definition) is 4. The molecule has 0 bridgehead atoms. The predicted octanol–water partition coefficient (Wildman–Crippen LogP) is 3.01. The lowest BCUT2D eigenvalue weighted by Gasteiger charge is -2.23. The van der Waals surface area contributed by atoms with Crippen LogP contribution in [0.4, 0.5) is 25.4 Å². The summed E-state index contributed by atoms with van der Waals surface area (Å²) >= 11 is 0.841. The molecule has 1 aromatic heterocycles. The zero-order valence-electron chi connectivity index (χ0n) is 17.3. The monoisotopic (exact) mass is 493 g/mol. The number of hydrogen-bond acceptors (Lipinski definition) is 8. The Balaban J connectivity index is 1.48. The molecule has 4 rings (SSSR count). The maximum Gasteiger partial charge on any atom is 0.240 e. The number of nitrogen functional groups attached to an aromatic ring is 1. The van der Waals surface area contributed by atoms with Gasteiger partial charge in [-0.2, -0.15) is 0 Å². The highest BCUT2D eigenvalue weighted by molar-refractivity contribution is 7.89. The van der Waals surface area contributed by atoms with E-state index in [9.17, 15) is 22.0 Å². The lowest BCUT2D eigenvalue weighted by Crippen LogP contribution is -2.42. The number of piperidine rings is 1. The third-order valence-corrected chi connectivity index (χ3v) is 7.65. The molecule has 174 valence electrons. The van der Waals surface area contributed by atoms with Gasteiger partial charge in [0, 0.05) is 11.7 Å². The van der Waals surface area contributed by atoms with Gasteiger partial charge in [0.05, 0.1) is 10.5 Å². The highest BCUT2D eigenvalue weighted by atomic mass is 32.2. The Kier molecular flexibility index (Phi) is 6.70. The first kappa shape index (κ1) is 23.2. The summed E-state index contributed by atoms with van der Waals surface area (Å²) in [5.41, 5.74) is 5.61. The zero-order chi connectivity index (χ0) is 23.6. The largest absolute Gasteiger partial charge is 0.382 e. The van der Waals surface area contributed by atoms with Crippen LogP contribution in [0, 0.1) is 11.6 Å². The predicted molar refractivity (Wildman–Crippen MR) is 122 cm³/mol. The third-order valence-electron chi connectivity index (χ3n) is 5.13. The number of rotatable bonds is 7. The minimum absolute atomic E-state index is 0.105. The maximum absolute atomic E-state index is 14.0. The van der Waals surface area contributed by atoms with Crippen molar-refractivity contribution in [2.45, 2.75) is 23.8 Å². The first-order valence-electron chi connectivity index (χ1n) is 10.1. The summed E-state index contributed by atoms with van der Waals surface area (Å²) in [6.45, 7) is 1.53. The van der Waals surface area contributed by atoms with Crippen molar-refractivity contribution in [2.75, 3.05) is 24.1 Å². The first-order chi connectivity index (χ1) is 15.7. The molecule has 1 aliphatic rings. The molecule has 0 unspecified atom stereocenters. The van der Waals surface area contributed by atoms with E-state index in [0.717, 1.165) is 55.5 Å². The third kappa shape index (κ3) is 5.19. The Morgan fingerprint density at radius 3 is 2.36 bits per heavy atom. The average Bonchev–Trinajstić information content (AvgIpc) is 3.14. The quantitative estimate of drug-likeness (QED) is 0.373. The van der Waals surface area contributed by atoms with Gasteiger partial charge in [0.2, 0.25) is 15.8 Å². The van der Waals surface area contributed by atoms with Crippen LogP contribution >= 0.6 is 11.3 Å². The number of carbonyl (C=O) groups is 1. The van der Waals surface area contributed by atoms with Crippen molar-refractivity contribution in [1.82, 2.24) is 15.0 Å². The molecular weight excluding hydrogens is 472 g/mol. The average molecular weight is 494 g/mol. The Morgan fingerprint density at radius 1 is 1.09 bits per heavy atom. The first-order valence-corrected chi connectivity index (χ1v) is 12.4. The van der Waals surface area contributed by atoms with Crippen LogP contribution in [-0.4, -0.2) is 38.3 Å². The second-order valence-corrected chi connectivity index (χ2v) is 10.2. The molecule has 33 heavy (non-hydrogen) atoms. The summed E-state index contributed by atoms with van der Waals surface area (Å²) in [5, 5.41) is 6.33.